The fraction of sp³-hybridized carbons (Fsp3) is 0.947. The highest BCUT2D eigenvalue weighted by Crippen LogP contribution is 2.40. The van der Waals surface area contributed by atoms with Crippen molar-refractivity contribution in [3.05, 3.63) is 0 Å². The Bertz CT molecular complexity index is 385. The minimum atomic E-state index is 0. The lowest BCUT2D eigenvalue weighted by atomic mass is 9.69. The van der Waals surface area contributed by atoms with Crippen molar-refractivity contribution in [2.75, 3.05) is 26.3 Å². The molecule has 4 nitrogen and oxygen atoms in total. The summed E-state index contributed by atoms with van der Waals surface area (Å²) in [6.45, 7) is 5.87. The Morgan fingerprint density at radius 1 is 1.00 bits per heavy atom. The molecule has 0 spiro atoms. The summed E-state index contributed by atoms with van der Waals surface area (Å²) in [4.78, 5) is 4.87. The molecule has 1 saturated heterocycles. The number of nitrogens with zero attached hydrogens (tertiary/aromatic N) is 1. The fourth-order valence-corrected chi connectivity index (χ4v) is 4.67. The normalized spacial score (nSPS) is 31.7. The van der Waals surface area contributed by atoms with Gasteiger partial charge in [0.05, 0.1) is 0 Å². The molecule has 3 atom stereocenters. The Kier molecular flexibility index (Phi) is 9.16. The van der Waals surface area contributed by atoms with Gasteiger partial charge >= 0.3 is 0 Å². The maximum absolute atomic E-state index is 5.45. The van der Waals surface area contributed by atoms with E-state index in [0.29, 0.717) is 12.0 Å². The highest BCUT2D eigenvalue weighted by molar-refractivity contribution is 14.0. The predicted octanol–water partition coefficient (Wildman–Crippen LogP) is 3.95. The van der Waals surface area contributed by atoms with Gasteiger partial charge < -0.3 is 15.4 Å². The van der Waals surface area contributed by atoms with E-state index < -0.39 is 0 Å². The average Bonchev–Trinajstić information content (AvgIpc) is 2.61. The van der Waals surface area contributed by atoms with Gasteiger partial charge in [-0.05, 0) is 56.8 Å². The number of fused-ring (bicyclic) bond motifs is 1. The Labute approximate surface area is 165 Å². The molecule has 140 valence electrons. The minimum absolute atomic E-state index is 0. The van der Waals surface area contributed by atoms with Crippen LogP contribution in [-0.4, -0.2) is 38.3 Å². The second-order valence-electron chi connectivity index (χ2n) is 7.73. The SMILES string of the molecule is CCNC(=NCC1CCOCC1)NC1CCC2CCCCC2C1.I. The second kappa shape index (κ2) is 10.8. The monoisotopic (exact) mass is 449 g/mol. The Morgan fingerprint density at radius 2 is 1.75 bits per heavy atom. The average molecular weight is 449 g/mol. The molecule has 2 N–H and O–H groups in total. The number of guanidine groups is 1. The van der Waals surface area contributed by atoms with Crippen molar-refractivity contribution in [2.24, 2.45) is 22.7 Å². The lowest BCUT2D eigenvalue weighted by Crippen LogP contribution is -2.47. The van der Waals surface area contributed by atoms with Crippen LogP contribution >= 0.6 is 24.0 Å². The molecule has 2 saturated carbocycles. The van der Waals surface area contributed by atoms with Crippen LogP contribution in [0.4, 0.5) is 0 Å². The molecule has 1 heterocycles. The van der Waals surface area contributed by atoms with Crippen LogP contribution < -0.4 is 10.6 Å². The molecule has 2 aliphatic carbocycles. The third-order valence-corrected chi connectivity index (χ3v) is 6.07. The molecule has 0 aromatic carbocycles. The first-order chi connectivity index (χ1) is 11.3. The summed E-state index contributed by atoms with van der Waals surface area (Å²) >= 11 is 0. The van der Waals surface area contributed by atoms with Crippen molar-refractivity contribution in [1.29, 1.82) is 0 Å². The summed E-state index contributed by atoms with van der Waals surface area (Å²) in [6.07, 6.45) is 12.3. The van der Waals surface area contributed by atoms with Crippen LogP contribution in [0.1, 0.15) is 64.7 Å². The van der Waals surface area contributed by atoms with Crippen molar-refractivity contribution in [2.45, 2.75) is 70.8 Å². The van der Waals surface area contributed by atoms with Gasteiger partial charge in [-0.25, -0.2) is 0 Å². The molecule has 5 heteroatoms. The number of hydrogen-bond acceptors (Lipinski definition) is 2. The molecule has 0 bridgehead atoms. The van der Waals surface area contributed by atoms with Crippen LogP contribution in [0.3, 0.4) is 0 Å². The zero-order chi connectivity index (χ0) is 15.9. The smallest absolute Gasteiger partial charge is 0.191 e. The molecule has 3 fully saturated rings. The summed E-state index contributed by atoms with van der Waals surface area (Å²) in [7, 11) is 0. The molecule has 24 heavy (non-hydrogen) atoms. The van der Waals surface area contributed by atoms with Gasteiger partial charge in [-0.1, -0.05) is 25.7 Å². The molecular weight excluding hydrogens is 413 g/mol. The van der Waals surface area contributed by atoms with E-state index in [1.165, 1.54) is 44.9 Å². The van der Waals surface area contributed by atoms with E-state index in [9.17, 15) is 0 Å². The molecule has 0 amide bonds. The number of halogens is 1. The highest BCUT2D eigenvalue weighted by atomic mass is 127. The number of hydrogen-bond donors (Lipinski definition) is 2. The third kappa shape index (κ3) is 6.04. The molecule has 1 aliphatic heterocycles. The predicted molar refractivity (Wildman–Crippen MR) is 111 cm³/mol. The van der Waals surface area contributed by atoms with Gasteiger partial charge in [-0.15, -0.1) is 24.0 Å². The standard InChI is InChI=1S/C19H35N3O.HI/c1-2-20-19(21-14-15-9-11-23-12-10-15)22-18-8-7-16-5-3-4-6-17(16)13-18;/h15-18H,2-14H2,1H3,(H2,20,21,22);1H. The van der Waals surface area contributed by atoms with E-state index in [-0.39, 0.29) is 24.0 Å². The van der Waals surface area contributed by atoms with E-state index >= 15 is 0 Å². The van der Waals surface area contributed by atoms with Gasteiger partial charge in [0.2, 0.25) is 0 Å². The van der Waals surface area contributed by atoms with Crippen LogP contribution in [-0.2, 0) is 4.74 Å². The van der Waals surface area contributed by atoms with Crippen LogP contribution in [0, 0.1) is 17.8 Å². The fourth-order valence-electron chi connectivity index (χ4n) is 4.67. The van der Waals surface area contributed by atoms with Gasteiger partial charge in [0.15, 0.2) is 5.96 Å². The van der Waals surface area contributed by atoms with E-state index in [2.05, 4.69) is 17.6 Å². The van der Waals surface area contributed by atoms with Gasteiger partial charge in [0.1, 0.15) is 0 Å². The second-order valence-corrected chi connectivity index (χ2v) is 7.73. The summed E-state index contributed by atoms with van der Waals surface area (Å²) in [6, 6.07) is 0.627. The zero-order valence-electron chi connectivity index (χ0n) is 15.3. The number of rotatable bonds is 4. The summed E-state index contributed by atoms with van der Waals surface area (Å²) in [5, 5.41) is 7.19. The van der Waals surface area contributed by atoms with Crippen LogP contribution in [0.2, 0.25) is 0 Å². The zero-order valence-corrected chi connectivity index (χ0v) is 17.6. The van der Waals surface area contributed by atoms with Crippen molar-refractivity contribution >= 4 is 29.9 Å². The Morgan fingerprint density at radius 3 is 2.50 bits per heavy atom. The van der Waals surface area contributed by atoms with Crippen molar-refractivity contribution in [3.63, 3.8) is 0 Å². The van der Waals surface area contributed by atoms with Crippen molar-refractivity contribution < 1.29 is 4.74 Å². The first kappa shape index (κ1) is 20.3. The molecule has 0 aromatic heterocycles. The number of aliphatic imine (C=N–C) groups is 1. The number of nitrogens with one attached hydrogen (secondary N) is 2. The van der Waals surface area contributed by atoms with Gasteiger partial charge in [-0.3, -0.25) is 4.99 Å². The number of ether oxygens (including phenoxy) is 1. The van der Waals surface area contributed by atoms with Gasteiger partial charge in [0, 0.05) is 32.3 Å². The highest BCUT2D eigenvalue weighted by Gasteiger charge is 2.32. The maximum atomic E-state index is 5.45. The van der Waals surface area contributed by atoms with Crippen LogP contribution in [0.15, 0.2) is 4.99 Å². The maximum Gasteiger partial charge on any atom is 0.191 e. The van der Waals surface area contributed by atoms with E-state index in [1.807, 2.05) is 0 Å². The van der Waals surface area contributed by atoms with Crippen LogP contribution in [0.5, 0.6) is 0 Å². The third-order valence-electron chi connectivity index (χ3n) is 6.07. The Balaban J connectivity index is 0.00000208. The molecule has 0 radical (unpaired) electrons. The molecule has 3 aliphatic rings. The molecule has 0 aromatic rings. The summed E-state index contributed by atoms with van der Waals surface area (Å²) in [5.74, 6) is 3.73. The molecule has 3 unspecified atom stereocenters. The lowest BCUT2D eigenvalue weighted by molar-refractivity contribution is 0.0689. The van der Waals surface area contributed by atoms with E-state index in [4.69, 9.17) is 9.73 Å². The lowest BCUT2D eigenvalue weighted by Gasteiger charge is -2.40. The summed E-state index contributed by atoms with van der Waals surface area (Å²) < 4.78 is 5.45. The first-order valence-electron chi connectivity index (χ1n) is 9.97. The van der Waals surface area contributed by atoms with Crippen molar-refractivity contribution in [3.8, 4) is 0 Å². The Hall–Kier alpha value is -0.0400. The quantitative estimate of drug-likeness (QED) is 0.388. The van der Waals surface area contributed by atoms with Gasteiger partial charge in [0.25, 0.3) is 0 Å². The molecule has 3 rings (SSSR count). The topological polar surface area (TPSA) is 45.7 Å². The first-order valence-corrected chi connectivity index (χ1v) is 9.97. The van der Waals surface area contributed by atoms with Gasteiger partial charge in [-0.2, -0.15) is 0 Å². The largest absolute Gasteiger partial charge is 0.381 e. The van der Waals surface area contributed by atoms with Crippen molar-refractivity contribution in [1.82, 2.24) is 10.6 Å². The van der Waals surface area contributed by atoms with E-state index in [0.717, 1.165) is 56.9 Å². The molecular formula is C19H36IN3O. The summed E-state index contributed by atoms with van der Waals surface area (Å²) in [5.41, 5.74) is 0. The van der Waals surface area contributed by atoms with E-state index in [1.54, 1.807) is 0 Å². The van der Waals surface area contributed by atoms with Crippen LogP contribution in [0.25, 0.3) is 0 Å². The minimum Gasteiger partial charge on any atom is -0.381 e.